The van der Waals surface area contributed by atoms with E-state index in [1.54, 1.807) is 13.8 Å². The number of hydrogen-bond acceptors (Lipinski definition) is 9. The van der Waals surface area contributed by atoms with Crippen molar-refractivity contribution in [2.75, 3.05) is 20.1 Å². The zero-order valence-corrected chi connectivity index (χ0v) is 24.4. The monoisotopic (exact) mass is 687 g/mol. The molecule has 0 heterocycles. The van der Waals surface area contributed by atoms with Crippen LogP contribution in [0, 0.1) is 11.3 Å². The number of guanidine groups is 1. The van der Waals surface area contributed by atoms with Crippen LogP contribution in [-0.4, -0.2) is 123 Å². The maximum Gasteiger partial charge on any atom is 0.490 e. The second kappa shape index (κ2) is 20.9. The summed E-state index contributed by atoms with van der Waals surface area (Å²) < 4.78 is 63.5. The average Bonchev–Trinajstić information content (AvgIpc) is 2.89. The molecule has 0 rings (SSSR count). The van der Waals surface area contributed by atoms with Crippen LogP contribution in [0.3, 0.4) is 0 Å². The first-order valence-corrected chi connectivity index (χ1v) is 12.4. The van der Waals surface area contributed by atoms with E-state index in [1.807, 2.05) is 0 Å². The molecule has 46 heavy (non-hydrogen) atoms. The third kappa shape index (κ3) is 21.7. The normalized spacial score (nSPS) is 12.8. The molecule has 0 aromatic heterocycles. The lowest BCUT2D eigenvalue weighted by molar-refractivity contribution is -0.193. The third-order valence-electron chi connectivity index (χ3n) is 5.00. The molecule has 0 spiro atoms. The predicted octanol–water partition coefficient (Wildman–Crippen LogP) is -1.51. The molecule has 0 unspecified atom stereocenters. The van der Waals surface area contributed by atoms with Gasteiger partial charge in [0.05, 0.1) is 19.0 Å². The van der Waals surface area contributed by atoms with Crippen LogP contribution in [-0.2, 0) is 33.6 Å². The molecule has 266 valence electrons. The molecule has 0 fully saturated rings. The summed E-state index contributed by atoms with van der Waals surface area (Å²) in [6, 6.07) is -3.68. The molecule has 0 bridgehead atoms. The van der Waals surface area contributed by atoms with Gasteiger partial charge in [0, 0.05) is 13.6 Å². The van der Waals surface area contributed by atoms with Crippen LogP contribution in [0.5, 0.6) is 0 Å². The Morgan fingerprint density at radius 2 is 1.28 bits per heavy atom. The van der Waals surface area contributed by atoms with Crippen LogP contribution >= 0.6 is 0 Å². The molecule has 0 aliphatic carbocycles. The first-order valence-electron chi connectivity index (χ1n) is 12.4. The zero-order chi connectivity index (χ0) is 37.2. The number of aliphatic carboxylic acids is 4. The summed E-state index contributed by atoms with van der Waals surface area (Å²) in [6.07, 6.45) is -10.2. The van der Waals surface area contributed by atoms with Gasteiger partial charge in [0.25, 0.3) is 0 Å². The SMILES string of the molecule is CC(C)[C@H](NC(=O)[C@H](CC(=O)O)N(C)C(=O)CNC(=O)[C@@H](N)CCCNC(=N)N)C(=O)O.O=C(O)C(F)(F)F.O=C(O)C(F)(F)F. The number of carboxylic acids is 4. The standard InChI is InChI=1S/C18H33N7O7.2C2HF3O2/c1-9(2)14(17(31)32)24-16(30)11(7-13(27)28)25(3)12(26)8-23-15(29)10(19)5-4-6-22-18(20)21;2*3-2(4,5)1(6)7/h9-11,14H,4-8,19H2,1-3H3,(H,23,29)(H,24,30)(H,27,28)(H,31,32)(H4,20,21,22);2*(H,6,7)/t10-,11-,14-;;/m0../s1. The van der Waals surface area contributed by atoms with Crippen molar-refractivity contribution in [1.82, 2.24) is 20.9 Å². The van der Waals surface area contributed by atoms with Gasteiger partial charge in [-0.05, 0) is 18.8 Å². The molecule has 18 nitrogen and oxygen atoms in total. The van der Waals surface area contributed by atoms with Gasteiger partial charge >= 0.3 is 36.2 Å². The molecule has 3 amide bonds. The van der Waals surface area contributed by atoms with Crippen LogP contribution in [0.1, 0.15) is 33.1 Å². The van der Waals surface area contributed by atoms with E-state index in [0.29, 0.717) is 13.0 Å². The zero-order valence-electron chi connectivity index (χ0n) is 24.4. The molecular weight excluding hydrogens is 652 g/mol. The molecule has 0 aliphatic heterocycles. The topological polar surface area (TPSA) is 316 Å². The largest absolute Gasteiger partial charge is 0.490 e. The maximum absolute atomic E-state index is 12.5. The second-order valence-corrected chi connectivity index (χ2v) is 9.10. The molecule has 0 aromatic carbocycles. The van der Waals surface area contributed by atoms with Gasteiger partial charge in [0.2, 0.25) is 17.7 Å². The highest BCUT2D eigenvalue weighted by Gasteiger charge is 2.39. The average molecular weight is 688 g/mol. The number of alkyl halides is 6. The fourth-order valence-electron chi connectivity index (χ4n) is 2.60. The fourth-order valence-corrected chi connectivity index (χ4v) is 2.60. The second-order valence-electron chi connectivity index (χ2n) is 9.10. The summed E-state index contributed by atoms with van der Waals surface area (Å²) in [5, 5.41) is 46.7. The molecule has 0 radical (unpaired) electrons. The van der Waals surface area contributed by atoms with Gasteiger partial charge < -0.3 is 52.7 Å². The van der Waals surface area contributed by atoms with Crippen LogP contribution in [0.25, 0.3) is 0 Å². The number of carboxylic acid groups (broad SMARTS) is 4. The number of hydrogen-bond donors (Lipinski definition) is 10. The van der Waals surface area contributed by atoms with E-state index < -0.39 is 91.0 Å². The van der Waals surface area contributed by atoms with E-state index in [1.165, 1.54) is 7.05 Å². The lowest BCUT2D eigenvalue weighted by Crippen LogP contribution is -2.55. The Kier molecular flexibility index (Phi) is 20.7. The number of nitrogens with one attached hydrogen (secondary N) is 4. The van der Waals surface area contributed by atoms with Gasteiger partial charge in [0.15, 0.2) is 5.96 Å². The first-order chi connectivity index (χ1) is 20.7. The number of rotatable bonds is 14. The van der Waals surface area contributed by atoms with Gasteiger partial charge in [-0.15, -0.1) is 0 Å². The van der Waals surface area contributed by atoms with Gasteiger partial charge in [-0.2, -0.15) is 26.3 Å². The van der Waals surface area contributed by atoms with E-state index in [-0.39, 0.29) is 12.4 Å². The first kappa shape index (κ1) is 45.5. The predicted molar refractivity (Wildman–Crippen MR) is 141 cm³/mol. The Bertz CT molecular complexity index is 1060. The van der Waals surface area contributed by atoms with Gasteiger partial charge in [-0.1, -0.05) is 13.8 Å². The molecule has 3 atom stereocenters. The van der Waals surface area contributed by atoms with Crippen molar-refractivity contribution in [3.63, 3.8) is 0 Å². The summed E-state index contributed by atoms with van der Waals surface area (Å²) in [5.74, 6) is -11.2. The molecule has 0 aromatic rings. The number of amides is 3. The smallest absolute Gasteiger partial charge is 0.481 e. The minimum Gasteiger partial charge on any atom is -0.481 e. The molecule has 24 heteroatoms. The van der Waals surface area contributed by atoms with Crippen molar-refractivity contribution in [3.05, 3.63) is 0 Å². The van der Waals surface area contributed by atoms with Crippen molar-refractivity contribution in [2.45, 2.75) is 63.6 Å². The minimum absolute atomic E-state index is 0.209. The lowest BCUT2D eigenvalue weighted by atomic mass is 10.0. The van der Waals surface area contributed by atoms with E-state index in [4.69, 9.17) is 41.8 Å². The van der Waals surface area contributed by atoms with Crippen LogP contribution in [0.4, 0.5) is 26.3 Å². The molecule has 0 aliphatic rings. The summed E-state index contributed by atoms with van der Waals surface area (Å²) in [7, 11) is 1.18. The Labute approximate surface area is 255 Å². The van der Waals surface area contributed by atoms with Crippen LogP contribution < -0.4 is 27.4 Å². The minimum atomic E-state index is -5.08. The number of nitrogens with zero attached hydrogens (tertiary/aromatic N) is 1. The number of likely N-dealkylation sites (N-methyl/N-ethyl adjacent to an activating group) is 1. The Balaban J connectivity index is -0.00000108. The van der Waals surface area contributed by atoms with Crippen molar-refractivity contribution < 1.29 is 80.3 Å². The lowest BCUT2D eigenvalue weighted by Gasteiger charge is -2.28. The van der Waals surface area contributed by atoms with Crippen molar-refractivity contribution in [1.29, 1.82) is 5.41 Å². The summed E-state index contributed by atoms with van der Waals surface area (Å²) >= 11 is 0. The van der Waals surface area contributed by atoms with Crippen LogP contribution in [0.2, 0.25) is 0 Å². The number of carbonyl (C=O) groups is 7. The molecular formula is C22H35F6N7O11. The van der Waals surface area contributed by atoms with E-state index in [0.717, 1.165) is 4.90 Å². The fraction of sp³-hybridized carbons (Fsp3) is 0.636. The summed E-state index contributed by atoms with van der Waals surface area (Å²) in [6.45, 7) is 2.94. The van der Waals surface area contributed by atoms with Crippen molar-refractivity contribution in [3.8, 4) is 0 Å². The van der Waals surface area contributed by atoms with Crippen molar-refractivity contribution in [2.24, 2.45) is 17.4 Å². The van der Waals surface area contributed by atoms with Gasteiger partial charge in [-0.25, -0.2) is 14.4 Å². The Hall–Kier alpha value is -4.90. The number of halogens is 6. The van der Waals surface area contributed by atoms with Crippen LogP contribution in [0.15, 0.2) is 0 Å². The van der Waals surface area contributed by atoms with E-state index >= 15 is 0 Å². The molecule has 12 N–H and O–H groups in total. The van der Waals surface area contributed by atoms with Gasteiger partial charge in [0.1, 0.15) is 12.1 Å². The van der Waals surface area contributed by atoms with Gasteiger partial charge in [-0.3, -0.25) is 24.6 Å². The Morgan fingerprint density at radius 3 is 1.61 bits per heavy atom. The van der Waals surface area contributed by atoms with E-state index in [2.05, 4.69) is 16.0 Å². The number of nitrogens with two attached hydrogens (primary N) is 2. The summed E-state index contributed by atoms with van der Waals surface area (Å²) in [4.78, 5) is 78.1. The number of carbonyl (C=O) groups excluding carboxylic acids is 3. The van der Waals surface area contributed by atoms with E-state index in [9.17, 15) is 55.4 Å². The highest BCUT2D eigenvalue weighted by molar-refractivity contribution is 5.94. The highest BCUT2D eigenvalue weighted by Crippen LogP contribution is 2.14. The third-order valence-corrected chi connectivity index (χ3v) is 5.00. The summed E-state index contributed by atoms with van der Waals surface area (Å²) in [5.41, 5.74) is 10.9. The maximum atomic E-state index is 12.5. The van der Waals surface area contributed by atoms with Crippen molar-refractivity contribution >= 4 is 47.6 Å². The molecule has 0 saturated carbocycles. The molecule has 0 saturated heterocycles. The highest BCUT2D eigenvalue weighted by atomic mass is 19.4. The Morgan fingerprint density at radius 1 is 0.848 bits per heavy atom. The quantitative estimate of drug-likeness (QED) is 0.0430.